The Bertz CT molecular complexity index is 562. The summed E-state index contributed by atoms with van der Waals surface area (Å²) in [6.45, 7) is 9.60. The summed E-state index contributed by atoms with van der Waals surface area (Å²) in [4.78, 5) is 6.43. The minimum atomic E-state index is -3.33. The average molecular weight is 331 g/mol. The van der Waals surface area contributed by atoms with Gasteiger partial charge in [0.05, 0.1) is 6.54 Å². The van der Waals surface area contributed by atoms with Crippen molar-refractivity contribution >= 4 is 10.2 Å². The SMILES string of the molecule is CCc1noc(CN2CCN(S(=O)(=O)N(CC)CC)CC2)n1. The minimum absolute atomic E-state index is 0.494. The summed E-state index contributed by atoms with van der Waals surface area (Å²) in [7, 11) is -3.33. The van der Waals surface area contributed by atoms with E-state index in [9.17, 15) is 8.42 Å². The first kappa shape index (κ1) is 17.3. The Morgan fingerprint density at radius 1 is 1.14 bits per heavy atom. The van der Waals surface area contributed by atoms with Gasteiger partial charge < -0.3 is 4.52 Å². The maximum Gasteiger partial charge on any atom is 0.282 e. The summed E-state index contributed by atoms with van der Waals surface area (Å²) in [5, 5.41) is 3.87. The molecule has 0 unspecified atom stereocenters. The fourth-order valence-corrected chi connectivity index (χ4v) is 4.12. The molecule has 0 saturated carbocycles. The first-order chi connectivity index (χ1) is 10.5. The average Bonchev–Trinajstić information content (AvgIpc) is 2.96. The van der Waals surface area contributed by atoms with E-state index < -0.39 is 10.2 Å². The molecule has 0 amide bonds. The van der Waals surface area contributed by atoms with Crippen LogP contribution >= 0.6 is 0 Å². The van der Waals surface area contributed by atoms with Gasteiger partial charge in [-0.3, -0.25) is 4.90 Å². The van der Waals surface area contributed by atoms with Gasteiger partial charge in [-0.1, -0.05) is 25.9 Å². The van der Waals surface area contributed by atoms with Crippen LogP contribution in [0.15, 0.2) is 4.52 Å². The molecule has 22 heavy (non-hydrogen) atoms. The molecule has 0 bridgehead atoms. The molecule has 0 spiro atoms. The van der Waals surface area contributed by atoms with Crippen LogP contribution in [0.1, 0.15) is 32.5 Å². The van der Waals surface area contributed by atoms with Gasteiger partial charge in [0, 0.05) is 45.7 Å². The summed E-state index contributed by atoms with van der Waals surface area (Å²) in [5.74, 6) is 1.30. The fourth-order valence-electron chi connectivity index (χ4n) is 2.52. The van der Waals surface area contributed by atoms with Gasteiger partial charge in [0.1, 0.15) is 0 Å². The minimum Gasteiger partial charge on any atom is -0.338 e. The monoisotopic (exact) mass is 331 g/mol. The van der Waals surface area contributed by atoms with Crippen LogP contribution in [0.2, 0.25) is 0 Å². The second-order valence-corrected chi connectivity index (χ2v) is 7.15. The lowest BCUT2D eigenvalue weighted by atomic mass is 10.3. The van der Waals surface area contributed by atoms with Crippen LogP contribution in [0.25, 0.3) is 0 Å². The van der Waals surface area contributed by atoms with Crippen LogP contribution < -0.4 is 0 Å². The lowest BCUT2D eigenvalue weighted by Gasteiger charge is -2.35. The molecule has 0 atom stereocenters. The molecule has 126 valence electrons. The van der Waals surface area contributed by atoms with E-state index in [2.05, 4.69) is 15.0 Å². The van der Waals surface area contributed by atoms with Gasteiger partial charge in [-0.15, -0.1) is 0 Å². The maximum absolute atomic E-state index is 12.4. The smallest absolute Gasteiger partial charge is 0.282 e. The highest BCUT2D eigenvalue weighted by molar-refractivity contribution is 7.86. The summed E-state index contributed by atoms with van der Waals surface area (Å²) in [5.41, 5.74) is 0. The zero-order chi connectivity index (χ0) is 16.2. The summed E-state index contributed by atoms with van der Waals surface area (Å²) in [6, 6.07) is 0. The highest BCUT2D eigenvalue weighted by atomic mass is 32.2. The van der Waals surface area contributed by atoms with Crippen LogP contribution in [-0.4, -0.2) is 71.3 Å². The van der Waals surface area contributed by atoms with E-state index in [1.54, 1.807) is 4.31 Å². The third-order valence-electron chi connectivity index (χ3n) is 3.87. The molecular weight excluding hydrogens is 306 g/mol. The van der Waals surface area contributed by atoms with Crippen molar-refractivity contribution in [3.63, 3.8) is 0 Å². The van der Waals surface area contributed by atoms with E-state index >= 15 is 0 Å². The van der Waals surface area contributed by atoms with Crippen LogP contribution in [0.3, 0.4) is 0 Å². The van der Waals surface area contributed by atoms with Gasteiger partial charge >= 0.3 is 0 Å². The lowest BCUT2D eigenvalue weighted by molar-refractivity contribution is 0.158. The van der Waals surface area contributed by atoms with Crippen molar-refractivity contribution in [1.82, 2.24) is 23.7 Å². The standard InChI is InChI=1S/C13H25N5O3S/c1-4-12-14-13(21-15-12)11-16-7-9-18(10-8-16)22(19,20)17(5-2)6-3/h4-11H2,1-3H3. The van der Waals surface area contributed by atoms with Gasteiger partial charge in [0.25, 0.3) is 10.2 Å². The molecule has 1 aliphatic rings. The van der Waals surface area contributed by atoms with Crippen LogP contribution in [-0.2, 0) is 23.2 Å². The van der Waals surface area contributed by atoms with E-state index in [4.69, 9.17) is 4.52 Å². The number of aromatic nitrogens is 2. The molecule has 9 heteroatoms. The Labute approximate surface area is 132 Å². The molecule has 2 heterocycles. The summed E-state index contributed by atoms with van der Waals surface area (Å²) in [6.07, 6.45) is 0.749. The van der Waals surface area contributed by atoms with Gasteiger partial charge in [-0.05, 0) is 0 Å². The third kappa shape index (κ3) is 3.83. The number of hydrogen-bond acceptors (Lipinski definition) is 6. The van der Waals surface area contributed by atoms with E-state index in [-0.39, 0.29) is 0 Å². The Morgan fingerprint density at radius 3 is 2.27 bits per heavy atom. The number of hydrogen-bond donors (Lipinski definition) is 0. The normalized spacial score (nSPS) is 18.2. The number of rotatable bonds is 7. The Morgan fingerprint density at radius 2 is 1.77 bits per heavy atom. The first-order valence-corrected chi connectivity index (χ1v) is 9.19. The summed E-state index contributed by atoms with van der Waals surface area (Å²) < 4.78 is 33.1. The molecule has 1 saturated heterocycles. The van der Waals surface area contributed by atoms with Crippen molar-refractivity contribution in [2.75, 3.05) is 39.3 Å². The maximum atomic E-state index is 12.4. The molecule has 0 aromatic carbocycles. The Hall–Kier alpha value is -1.03. The lowest BCUT2D eigenvalue weighted by Crippen LogP contribution is -2.52. The molecular formula is C13H25N5O3S. The highest BCUT2D eigenvalue weighted by Gasteiger charge is 2.31. The van der Waals surface area contributed by atoms with E-state index in [1.165, 1.54) is 4.31 Å². The van der Waals surface area contributed by atoms with E-state index in [1.807, 2.05) is 20.8 Å². The highest BCUT2D eigenvalue weighted by Crippen LogP contribution is 2.13. The van der Waals surface area contributed by atoms with Gasteiger partial charge in [-0.25, -0.2) is 0 Å². The van der Waals surface area contributed by atoms with Gasteiger partial charge in [-0.2, -0.15) is 22.0 Å². The second kappa shape index (κ2) is 7.49. The zero-order valence-electron chi connectivity index (χ0n) is 13.5. The van der Waals surface area contributed by atoms with Gasteiger partial charge in [0.2, 0.25) is 5.89 Å². The molecule has 0 aliphatic carbocycles. The van der Waals surface area contributed by atoms with E-state index in [0.717, 1.165) is 6.42 Å². The number of nitrogens with zero attached hydrogens (tertiary/aromatic N) is 5. The fraction of sp³-hybridized carbons (Fsp3) is 0.846. The number of piperazine rings is 1. The quantitative estimate of drug-likeness (QED) is 0.716. The molecule has 1 aromatic rings. The van der Waals surface area contributed by atoms with Crippen LogP contribution in [0.5, 0.6) is 0 Å². The van der Waals surface area contributed by atoms with Crippen LogP contribution in [0.4, 0.5) is 0 Å². The molecule has 8 nitrogen and oxygen atoms in total. The van der Waals surface area contributed by atoms with Crippen molar-refractivity contribution in [1.29, 1.82) is 0 Å². The molecule has 1 fully saturated rings. The first-order valence-electron chi connectivity index (χ1n) is 7.80. The molecule has 0 N–H and O–H groups in total. The third-order valence-corrected chi connectivity index (χ3v) is 6.06. The topological polar surface area (TPSA) is 82.8 Å². The van der Waals surface area contributed by atoms with Crippen molar-refractivity contribution in [3.8, 4) is 0 Å². The van der Waals surface area contributed by atoms with Crippen molar-refractivity contribution in [3.05, 3.63) is 11.7 Å². The zero-order valence-corrected chi connectivity index (χ0v) is 14.3. The van der Waals surface area contributed by atoms with E-state index in [0.29, 0.717) is 57.5 Å². The predicted molar refractivity (Wildman–Crippen MR) is 82.4 cm³/mol. The van der Waals surface area contributed by atoms with Crippen molar-refractivity contribution in [2.24, 2.45) is 0 Å². The Kier molecular flexibility index (Phi) is 5.90. The summed E-state index contributed by atoms with van der Waals surface area (Å²) >= 11 is 0. The van der Waals surface area contributed by atoms with Gasteiger partial charge in [0.15, 0.2) is 5.82 Å². The molecule has 0 radical (unpaired) electrons. The molecule has 2 rings (SSSR count). The Balaban J connectivity index is 1.90. The predicted octanol–water partition coefficient (Wildman–Crippen LogP) is 0.336. The van der Waals surface area contributed by atoms with Crippen molar-refractivity contribution in [2.45, 2.75) is 33.7 Å². The largest absolute Gasteiger partial charge is 0.338 e. The van der Waals surface area contributed by atoms with Crippen LogP contribution in [0, 0.1) is 0 Å². The molecule has 1 aliphatic heterocycles. The number of aryl methyl sites for hydroxylation is 1. The second-order valence-electron chi connectivity index (χ2n) is 5.23. The molecule has 1 aromatic heterocycles. The van der Waals surface area contributed by atoms with Crippen molar-refractivity contribution < 1.29 is 12.9 Å².